The van der Waals surface area contributed by atoms with Crippen molar-refractivity contribution in [1.29, 1.82) is 0 Å². The van der Waals surface area contributed by atoms with E-state index in [9.17, 15) is 4.79 Å². The third kappa shape index (κ3) is 2.31. The van der Waals surface area contributed by atoms with Crippen LogP contribution in [0.15, 0.2) is 59.8 Å². The second-order valence-electron chi connectivity index (χ2n) is 5.43. The molecule has 1 saturated carbocycles. The van der Waals surface area contributed by atoms with Gasteiger partial charge in [0.15, 0.2) is 0 Å². The van der Waals surface area contributed by atoms with E-state index >= 15 is 0 Å². The molecule has 0 atom stereocenters. The first-order valence-corrected chi connectivity index (χ1v) is 7.18. The van der Waals surface area contributed by atoms with Crippen molar-refractivity contribution >= 4 is 0 Å². The summed E-state index contributed by atoms with van der Waals surface area (Å²) in [7, 11) is 0. The SMILES string of the molecule is O=c1n(Cc2ccn(-c3ccccc3)n2)ccn1C1CC1. The summed E-state index contributed by atoms with van der Waals surface area (Å²) in [6, 6.07) is 12.3. The molecule has 2 heterocycles. The molecule has 1 aliphatic carbocycles. The van der Waals surface area contributed by atoms with E-state index < -0.39 is 0 Å². The minimum atomic E-state index is 0.0618. The van der Waals surface area contributed by atoms with Gasteiger partial charge in [-0.1, -0.05) is 18.2 Å². The van der Waals surface area contributed by atoms with E-state index in [1.54, 1.807) is 4.57 Å². The Balaban J connectivity index is 1.58. The van der Waals surface area contributed by atoms with Gasteiger partial charge in [-0.05, 0) is 31.0 Å². The van der Waals surface area contributed by atoms with Gasteiger partial charge >= 0.3 is 5.69 Å². The van der Waals surface area contributed by atoms with Crippen LogP contribution in [0.2, 0.25) is 0 Å². The zero-order chi connectivity index (χ0) is 14.2. The molecule has 0 amide bonds. The van der Waals surface area contributed by atoms with Gasteiger partial charge in [-0.15, -0.1) is 0 Å². The molecule has 4 rings (SSSR count). The van der Waals surface area contributed by atoms with Crippen LogP contribution >= 0.6 is 0 Å². The van der Waals surface area contributed by atoms with Gasteiger partial charge in [0.2, 0.25) is 0 Å². The molecule has 0 radical (unpaired) electrons. The van der Waals surface area contributed by atoms with E-state index in [4.69, 9.17) is 0 Å². The highest BCUT2D eigenvalue weighted by Crippen LogP contribution is 2.33. The Labute approximate surface area is 122 Å². The summed E-state index contributed by atoms with van der Waals surface area (Å²) in [6.07, 6.45) is 7.89. The highest BCUT2D eigenvalue weighted by atomic mass is 16.1. The summed E-state index contributed by atoms with van der Waals surface area (Å²) in [5.41, 5.74) is 1.97. The van der Waals surface area contributed by atoms with E-state index in [1.165, 1.54) is 0 Å². The van der Waals surface area contributed by atoms with Gasteiger partial charge in [-0.25, -0.2) is 9.48 Å². The predicted molar refractivity (Wildman–Crippen MR) is 79.6 cm³/mol. The molecule has 5 nitrogen and oxygen atoms in total. The lowest BCUT2D eigenvalue weighted by Crippen LogP contribution is -2.24. The Morgan fingerprint density at radius 3 is 2.62 bits per heavy atom. The summed E-state index contributed by atoms with van der Waals surface area (Å²) in [6.45, 7) is 0.512. The van der Waals surface area contributed by atoms with Crippen LogP contribution in [-0.2, 0) is 6.54 Å². The smallest absolute Gasteiger partial charge is 0.296 e. The average Bonchev–Trinajstić information content (AvgIpc) is 3.14. The molecule has 5 heteroatoms. The van der Waals surface area contributed by atoms with Gasteiger partial charge in [0.25, 0.3) is 0 Å². The zero-order valence-corrected chi connectivity index (χ0v) is 11.6. The van der Waals surface area contributed by atoms with E-state index in [0.29, 0.717) is 12.6 Å². The lowest BCUT2D eigenvalue weighted by molar-refractivity contribution is 0.647. The average molecular weight is 280 g/mol. The fraction of sp³-hybridized carbons (Fsp3) is 0.250. The number of aromatic nitrogens is 4. The number of benzene rings is 1. The van der Waals surface area contributed by atoms with Crippen molar-refractivity contribution in [3.05, 3.63) is 71.2 Å². The van der Waals surface area contributed by atoms with Crippen LogP contribution in [0, 0.1) is 0 Å². The molecule has 0 saturated heterocycles. The maximum absolute atomic E-state index is 12.2. The molecule has 1 aliphatic rings. The first-order chi connectivity index (χ1) is 10.3. The van der Waals surface area contributed by atoms with E-state index in [-0.39, 0.29) is 5.69 Å². The number of imidazole rings is 1. The quantitative estimate of drug-likeness (QED) is 0.735. The highest BCUT2D eigenvalue weighted by molar-refractivity contribution is 5.30. The normalized spacial score (nSPS) is 14.5. The Kier molecular flexibility index (Phi) is 2.77. The molecular weight excluding hydrogens is 264 g/mol. The molecule has 21 heavy (non-hydrogen) atoms. The Hall–Kier alpha value is -2.56. The summed E-state index contributed by atoms with van der Waals surface area (Å²) >= 11 is 0. The lowest BCUT2D eigenvalue weighted by Gasteiger charge is -2.01. The number of hydrogen-bond acceptors (Lipinski definition) is 2. The lowest BCUT2D eigenvalue weighted by atomic mass is 10.3. The fourth-order valence-electron chi connectivity index (χ4n) is 2.52. The van der Waals surface area contributed by atoms with Gasteiger partial charge < -0.3 is 0 Å². The molecule has 2 aromatic heterocycles. The predicted octanol–water partition coefficient (Wildman–Crippen LogP) is 2.22. The summed E-state index contributed by atoms with van der Waals surface area (Å²) in [5.74, 6) is 0. The standard InChI is InChI=1S/C16H16N4O/c21-16-18(10-11-19(16)14-6-7-14)12-13-8-9-20(17-13)15-4-2-1-3-5-15/h1-5,8-11,14H,6-7,12H2. The third-order valence-corrected chi connectivity index (χ3v) is 3.81. The van der Waals surface area contributed by atoms with E-state index in [0.717, 1.165) is 24.2 Å². The molecule has 0 aliphatic heterocycles. The van der Waals surface area contributed by atoms with Crippen LogP contribution in [0.25, 0.3) is 5.69 Å². The summed E-state index contributed by atoms with van der Waals surface area (Å²) in [5, 5.41) is 4.53. The zero-order valence-electron chi connectivity index (χ0n) is 11.6. The number of hydrogen-bond donors (Lipinski definition) is 0. The third-order valence-electron chi connectivity index (χ3n) is 3.81. The van der Waals surface area contributed by atoms with Crippen LogP contribution in [-0.4, -0.2) is 18.9 Å². The molecule has 0 bridgehead atoms. The number of nitrogens with zero attached hydrogens (tertiary/aromatic N) is 4. The molecule has 3 aromatic rings. The van der Waals surface area contributed by atoms with Crippen molar-refractivity contribution in [3.63, 3.8) is 0 Å². The topological polar surface area (TPSA) is 44.8 Å². The molecule has 0 N–H and O–H groups in total. The highest BCUT2D eigenvalue weighted by Gasteiger charge is 2.25. The van der Waals surface area contributed by atoms with Gasteiger partial charge in [-0.3, -0.25) is 9.13 Å². The van der Waals surface area contributed by atoms with Crippen LogP contribution in [0.1, 0.15) is 24.6 Å². The molecule has 1 aromatic carbocycles. The fourth-order valence-corrected chi connectivity index (χ4v) is 2.52. The van der Waals surface area contributed by atoms with Gasteiger partial charge in [0.1, 0.15) is 0 Å². The monoisotopic (exact) mass is 280 g/mol. The second-order valence-corrected chi connectivity index (χ2v) is 5.43. The largest absolute Gasteiger partial charge is 0.328 e. The Bertz CT molecular complexity index is 808. The van der Waals surface area contributed by atoms with Crippen LogP contribution < -0.4 is 5.69 Å². The van der Waals surface area contributed by atoms with Crippen LogP contribution in [0.3, 0.4) is 0 Å². The summed E-state index contributed by atoms with van der Waals surface area (Å²) < 4.78 is 5.38. The second kappa shape index (κ2) is 4.77. The van der Waals surface area contributed by atoms with Crippen molar-refractivity contribution in [2.75, 3.05) is 0 Å². The summed E-state index contributed by atoms with van der Waals surface area (Å²) in [4.78, 5) is 12.2. The van der Waals surface area contributed by atoms with Crippen molar-refractivity contribution in [2.24, 2.45) is 0 Å². The molecule has 106 valence electrons. The van der Waals surface area contributed by atoms with Crippen molar-refractivity contribution in [2.45, 2.75) is 25.4 Å². The maximum atomic E-state index is 12.2. The van der Waals surface area contributed by atoms with Crippen LogP contribution in [0.5, 0.6) is 0 Å². The van der Waals surface area contributed by atoms with Crippen molar-refractivity contribution in [1.82, 2.24) is 18.9 Å². The molecule has 0 spiro atoms. The van der Waals surface area contributed by atoms with Gasteiger partial charge in [0, 0.05) is 24.6 Å². The minimum Gasteiger partial charge on any atom is -0.296 e. The maximum Gasteiger partial charge on any atom is 0.328 e. The van der Waals surface area contributed by atoms with Gasteiger partial charge in [-0.2, -0.15) is 5.10 Å². The van der Waals surface area contributed by atoms with Crippen molar-refractivity contribution in [3.8, 4) is 5.69 Å². The number of para-hydroxylation sites is 1. The first kappa shape index (κ1) is 12.2. The van der Waals surface area contributed by atoms with Crippen LogP contribution in [0.4, 0.5) is 0 Å². The minimum absolute atomic E-state index is 0.0618. The Morgan fingerprint density at radius 1 is 1.05 bits per heavy atom. The van der Waals surface area contributed by atoms with E-state index in [1.807, 2.05) is 64.2 Å². The Morgan fingerprint density at radius 2 is 1.86 bits per heavy atom. The molecular formula is C16H16N4O. The van der Waals surface area contributed by atoms with Gasteiger partial charge in [0.05, 0.1) is 17.9 Å². The first-order valence-electron chi connectivity index (χ1n) is 7.18. The molecule has 1 fully saturated rings. The van der Waals surface area contributed by atoms with E-state index in [2.05, 4.69) is 5.10 Å². The number of rotatable bonds is 4. The van der Waals surface area contributed by atoms with Crippen molar-refractivity contribution < 1.29 is 0 Å². The molecule has 0 unspecified atom stereocenters.